The van der Waals surface area contributed by atoms with E-state index in [0.717, 1.165) is 42.7 Å². The van der Waals surface area contributed by atoms with Gasteiger partial charge in [-0.25, -0.2) is 13.4 Å². The van der Waals surface area contributed by atoms with Crippen LogP contribution in [0, 0.1) is 25.2 Å². The quantitative estimate of drug-likeness (QED) is 0.566. The number of benzene rings is 2. The summed E-state index contributed by atoms with van der Waals surface area (Å²) in [6, 6.07) is 14.4. The molecule has 1 N–H and O–H groups in total. The number of anilines is 2. The van der Waals surface area contributed by atoms with Gasteiger partial charge in [-0.2, -0.15) is 10.2 Å². The van der Waals surface area contributed by atoms with Crippen molar-refractivity contribution in [2.45, 2.75) is 37.6 Å². The van der Waals surface area contributed by atoms with Crippen LogP contribution in [0.4, 0.5) is 11.6 Å². The number of piperidine rings is 1. The summed E-state index contributed by atoms with van der Waals surface area (Å²) < 4.78 is 30.5. The van der Waals surface area contributed by atoms with Crippen molar-refractivity contribution in [1.82, 2.24) is 15.3 Å². The largest absolute Gasteiger partial charge is 0.438 e. The van der Waals surface area contributed by atoms with E-state index in [2.05, 4.69) is 16.4 Å². The number of nitrogens with one attached hydrogen (secondary N) is 1. The van der Waals surface area contributed by atoms with Crippen molar-refractivity contribution >= 4 is 21.5 Å². The fraction of sp³-hybridized carbons (Fsp3) is 0.320. The maximum Gasteiger partial charge on any atom is 0.233 e. The molecule has 1 fully saturated rings. The first-order valence-corrected chi connectivity index (χ1v) is 13.0. The van der Waals surface area contributed by atoms with Crippen LogP contribution in [0.5, 0.6) is 11.6 Å². The molecule has 1 aliphatic rings. The Hall–Kier alpha value is -3.48. The van der Waals surface area contributed by atoms with Crippen LogP contribution in [0.25, 0.3) is 0 Å². The van der Waals surface area contributed by atoms with Crippen LogP contribution in [-0.2, 0) is 9.84 Å². The minimum atomic E-state index is -3.36. The summed E-state index contributed by atoms with van der Waals surface area (Å²) in [5.74, 6) is 1.47. The summed E-state index contributed by atoms with van der Waals surface area (Å²) in [7, 11) is -3.36. The lowest BCUT2D eigenvalue weighted by molar-refractivity contribution is 0.439. The molecule has 0 amide bonds. The number of hydrogen-bond donors (Lipinski definition) is 1. The van der Waals surface area contributed by atoms with Gasteiger partial charge in [-0.05, 0) is 81.2 Å². The zero-order valence-corrected chi connectivity index (χ0v) is 20.3. The van der Waals surface area contributed by atoms with Crippen LogP contribution >= 0.6 is 0 Å². The standard InChI is InChI=1S/C25H27N5O3S/c1-17-13-19(16-26)14-18(2)24(17)33-23-9-12-28-25(29-23)30(20-7-10-27-11-8-20)21-5-4-6-22(15-21)34(3,31)32/h4-6,9,12-15,20,27H,7-8,10-11H2,1-3H3. The average Bonchev–Trinajstić information content (AvgIpc) is 2.82. The van der Waals surface area contributed by atoms with Gasteiger partial charge in [0.25, 0.3) is 0 Å². The lowest BCUT2D eigenvalue weighted by Crippen LogP contribution is -2.41. The van der Waals surface area contributed by atoms with E-state index in [-0.39, 0.29) is 10.9 Å². The van der Waals surface area contributed by atoms with E-state index in [1.165, 1.54) is 6.26 Å². The Morgan fingerprint density at radius 3 is 2.47 bits per heavy atom. The van der Waals surface area contributed by atoms with Gasteiger partial charge in [0.05, 0.1) is 16.5 Å². The molecule has 1 saturated heterocycles. The summed E-state index contributed by atoms with van der Waals surface area (Å²) in [4.78, 5) is 11.5. The van der Waals surface area contributed by atoms with Crippen LogP contribution < -0.4 is 15.0 Å². The predicted octanol–water partition coefficient (Wildman–Crippen LogP) is 4.05. The van der Waals surface area contributed by atoms with Gasteiger partial charge in [-0.3, -0.25) is 0 Å². The first kappa shape index (κ1) is 23.7. The highest BCUT2D eigenvalue weighted by molar-refractivity contribution is 7.90. The number of nitrogens with zero attached hydrogens (tertiary/aromatic N) is 4. The van der Waals surface area contributed by atoms with Gasteiger partial charge in [0.1, 0.15) is 5.75 Å². The first-order chi connectivity index (χ1) is 16.3. The first-order valence-electron chi connectivity index (χ1n) is 11.1. The summed E-state index contributed by atoms with van der Waals surface area (Å²) in [6.07, 6.45) is 4.57. The number of hydrogen-bond acceptors (Lipinski definition) is 8. The van der Waals surface area contributed by atoms with Crippen molar-refractivity contribution in [2.24, 2.45) is 0 Å². The molecule has 0 saturated carbocycles. The molecule has 0 atom stereocenters. The number of ether oxygens (including phenoxy) is 1. The molecule has 34 heavy (non-hydrogen) atoms. The van der Waals surface area contributed by atoms with E-state index in [1.807, 2.05) is 24.8 Å². The smallest absolute Gasteiger partial charge is 0.233 e. The molecule has 4 rings (SSSR count). The number of aryl methyl sites for hydroxylation is 2. The van der Waals surface area contributed by atoms with Crippen LogP contribution in [0.1, 0.15) is 29.5 Å². The number of aromatic nitrogens is 2. The fourth-order valence-electron chi connectivity index (χ4n) is 4.20. The zero-order valence-electron chi connectivity index (χ0n) is 19.4. The minimum Gasteiger partial charge on any atom is -0.438 e. The van der Waals surface area contributed by atoms with Gasteiger partial charge in [0.15, 0.2) is 9.84 Å². The molecule has 0 radical (unpaired) electrons. The van der Waals surface area contributed by atoms with E-state index < -0.39 is 9.84 Å². The van der Waals surface area contributed by atoms with Crippen LogP contribution in [0.2, 0.25) is 0 Å². The molecule has 8 nitrogen and oxygen atoms in total. The van der Waals surface area contributed by atoms with Gasteiger partial charge in [-0.1, -0.05) is 6.07 Å². The Morgan fingerprint density at radius 2 is 1.82 bits per heavy atom. The Bertz CT molecular complexity index is 1320. The lowest BCUT2D eigenvalue weighted by atomic mass is 10.0. The highest BCUT2D eigenvalue weighted by Gasteiger charge is 2.26. The third-order valence-electron chi connectivity index (χ3n) is 5.83. The monoisotopic (exact) mass is 477 g/mol. The van der Waals surface area contributed by atoms with E-state index in [1.54, 1.807) is 42.6 Å². The number of nitriles is 1. The topological polar surface area (TPSA) is 108 Å². The highest BCUT2D eigenvalue weighted by atomic mass is 32.2. The third kappa shape index (κ3) is 5.19. The van der Waals surface area contributed by atoms with Crippen LogP contribution in [0.15, 0.2) is 53.6 Å². The predicted molar refractivity (Wildman–Crippen MR) is 130 cm³/mol. The molecule has 0 unspecified atom stereocenters. The molecular formula is C25H27N5O3S. The van der Waals surface area contributed by atoms with Gasteiger partial charge >= 0.3 is 0 Å². The van der Waals surface area contributed by atoms with Crippen molar-refractivity contribution in [3.63, 3.8) is 0 Å². The maximum absolute atomic E-state index is 12.2. The number of rotatable bonds is 6. The van der Waals surface area contributed by atoms with Gasteiger partial charge < -0.3 is 15.0 Å². The second-order valence-corrected chi connectivity index (χ2v) is 10.5. The SMILES string of the molecule is Cc1cc(C#N)cc(C)c1Oc1ccnc(N(c2cccc(S(C)(=O)=O)c2)C2CCNCC2)n1. The minimum absolute atomic E-state index is 0.102. The van der Waals surface area contributed by atoms with Crippen molar-refractivity contribution in [1.29, 1.82) is 5.26 Å². The molecule has 1 aliphatic heterocycles. The molecular weight excluding hydrogens is 450 g/mol. The second-order valence-electron chi connectivity index (χ2n) is 8.47. The summed E-state index contributed by atoms with van der Waals surface area (Å²) in [5, 5.41) is 12.6. The van der Waals surface area contributed by atoms with E-state index in [9.17, 15) is 13.7 Å². The molecule has 1 aromatic heterocycles. The van der Waals surface area contributed by atoms with E-state index in [0.29, 0.717) is 23.1 Å². The van der Waals surface area contributed by atoms with Crippen molar-refractivity contribution in [3.8, 4) is 17.7 Å². The zero-order chi connectivity index (χ0) is 24.3. The second kappa shape index (κ2) is 9.79. The molecule has 2 heterocycles. The molecule has 0 aliphatic carbocycles. The normalized spacial score (nSPS) is 14.4. The van der Waals surface area contributed by atoms with Crippen molar-refractivity contribution < 1.29 is 13.2 Å². The van der Waals surface area contributed by atoms with Crippen LogP contribution in [-0.4, -0.2) is 43.8 Å². The highest BCUT2D eigenvalue weighted by Crippen LogP contribution is 2.33. The molecule has 0 spiro atoms. The van der Waals surface area contributed by atoms with Crippen molar-refractivity contribution in [2.75, 3.05) is 24.2 Å². The molecule has 176 valence electrons. The third-order valence-corrected chi connectivity index (χ3v) is 6.94. The van der Waals surface area contributed by atoms with Crippen LogP contribution in [0.3, 0.4) is 0 Å². The van der Waals surface area contributed by atoms with Gasteiger partial charge in [0.2, 0.25) is 11.8 Å². The molecule has 9 heteroatoms. The average molecular weight is 478 g/mol. The number of sulfone groups is 1. The Morgan fingerprint density at radius 1 is 1.12 bits per heavy atom. The summed E-state index contributed by atoms with van der Waals surface area (Å²) >= 11 is 0. The summed E-state index contributed by atoms with van der Waals surface area (Å²) in [5.41, 5.74) is 2.98. The molecule has 2 aromatic carbocycles. The summed E-state index contributed by atoms with van der Waals surface area (Å²) in [6.45, 7) is 5.49. The Balaban J connectivity index is 1.74. The van der Waals surface area contributed by atoms with Gasteiger partial charge in [-0.15, -0.1) is 0 Å². The van der Waals surface area contributed by atoms with E-state index >= 15 is 0 Å². The molecule has 3 aromatic rings. The molecule has 0 bridgehead atoms. The van der Waals surface area contributed by atoms with E-state index in [4.69, 9.17) is 9.72 Å². The van der Waals surface area contributed by atoms with Crippen molar-refractivity contribution in [3.05, 3.63) is 65.4 Å². The maximum atomic E-state index is 12.2. The van der Waals surface area contributed by atoms with Gasteiger partial charge in [0, 0.05) is 30.2 Å². The Kier molecular flexibility index (Phi) is 6.82. The Labute approximate surface area is 200 Å². The fourth-order valence-corrected chi connectivity index (χ4v) is 4.86. The lowest BCUT2D eigenvalue weighted by Gasteiger charge is -2.35.